The van der Waals surface area contributed by atoms with E-state index in [1.165, 1.54) is 0 Å². The highest BCUT2D eigenvalue weighted by Crippen LogP contribution is 2.42. The molecule has 0 spiro atoms. The number of carbonyl (C=O) groups excluding carboxylic acids is 1. The highest BCUT2D eigenvalue weighted by atomic mass is 16.4. The summed E-state index contributed by atoms with van der Waals surface area (Å²) < 4.78 is 0. The molecule has 4 N–H and O–H groups in total. The fourth-order valence-corrected chi connectivity index (χ4v) is 2.57. The van der Waals surface area contributed by atoms with Crippen molar-refractivity contribution in [3.05, 3.63) is 0 Å². The van der Waals surface area contributed by atoms with Crippen molar-refractivity contribution in [2.45, 2.75) is 45.1 Å². The van der Waals surface area contributed by atoms with Crippen LogP contribution in [0.2, 0.25) is 0 Å². The van der Waals surface area contributed by atoms with E-state index in [-0.39, 0.29) is 17.8 Å². The van der Waals surface area contributed by atoms with Gasteiger partial charge in [0.1, 0.15) is 5.41 Å². The van der Waals surface area contributed by atoms with Gasteiger partial charge in [-0.15, -0.1) is 0 Å². The van der Waals surface area contributed by atoms with Crippen molar-refractivity contribution in [2.24, 2.45) is 22.2 Å². The molecule has 2 aliphatic rings. The maximum Gasteiger partial charge on any atom is 0.234 e. The minimum absolute atomic E-state index is 0.0589. The molecule has 16 heavy (non-hydrogen) atoms. The quantitative estimate of drug-likeness (QED) is 0.287. The average Bonchev–Trinajstić information content (AvgIpc) is 2.13. The summed E-state index contributed by atoms with van der Waals surface area (Å²) in [5.41, 5.74) is 4.89. The lowest BCUT2D eigenvalue weighted by Gasteiger charge is -2.42. The number of amidine groups is 1. The van der Waals surface area contributed by atoms with Gasteiger partial charge in [-0.05, 0) is 31.6 Å². The van der Waals surface area contributed by atoms with Crippen molar-refractivity contribution in [3.63, 3.8) is 0 Å². The number of carbonyl (C=O) groups is 1. The van der Waals surface area contributed by atoms with E-state index in [0.29, 0.717) is 18.8 Å². The smallest absolute Gasteiger partial charge is 0.234 e. The maximum absolute atomic E-state index is 12.1. The Morgan fingerprint density at radius 1 is 1.50 bits per heavy atom. The summed E-state index contributed by atoms with van der Waals surface area (Å²) in [6, 6.07) is 0.284. The lowest BCUT2D eigenvalue weighted by atomic mass is 9.66. The fraction of sp³-hybridized carbons (Fsp3) is 0.818. The third kappa shape index (κ3) is 1.64. The van der Waals surface area contributed by atoms with E-state index < -0.39 is 5.41 Å². The topological polar surface area (TPSA) is 87.7 Å². The molecule has 0 bridgehead atoms. The van der Waals surface area contributed by atoms with E-state index in [9.17, 15) is 4.79 Å². The van der Waals surface area contributed by atoms with Gasteiger partial charge in [0.2, 0.25) is 5.91 Å². The predicted octanol–water partition coefficient (Wildman–Crippen LogP) is 0.818. The van der Waals surface area contributed by atoms with Crippen LogP contribution in [0.1, 0.15) is 39.0 Å². The molecule has 0 aromatic rings. The molecule has 0 aliphatic heterocycles. The van der Waals surface area contributed by atoms with Gasteiger partial charge in [-0.1, -0.05) is 18.5 Å². The third-order valence-corrected chi connectivity index (χ3v) is 3.95. The lowest BCUT2D eigenvalue weighted by molar-refractivity contribution is -0.132. The number of nitrogens with zero attached hydrogens (tertiary/aromatic N) is 1. The summed E-state index contributed by atoms with van der Waals surface area (Å²) in [7, 11) is 0. The maximum atomic E-state index is 12.1. The van der Waals surface area contributed by atoms with Crippen LogP contribution in [-0.4, -0.2) is 23.0 Å². The van der Waals surface area contributed by atoms with Crippen molar-refractivity contribution >= 4 is 11.7 Å². The Morgan fingerprint density at radius 3 is 2.50 bits per heavy atom. The largest absolute Gasteiger partial charge is 0.409 e. The van der Waals surface area contributed by atoms with Crippen LogP contribution in [0.15, 0.2) is 5.16 Å². The number of oxime groups is 1. The van der Waals surface area contributed by atoms with Gasteiger partial charge in [0.05, 0.1) is 0 Å². The number of nitrogens with one attached hydrogen (secondary N) is 1. The van der Waals surface area contributed by atoms with Crippen molar-refractivity contribution < 1.29 is 10.0 Å². The van der Waals surface area contributed by atoms with Crippen molar-refractivity contribution in [1.29, 1.82) is 0 Å². The first-order valence-corrected chi connectivity index (χ1v) is 5.87. The summed E-state index contributed by atoms with van der Waals surface area (Å²) in [6.45, 7) is 2.17. The molecule has 0 saturated heterocycles. The molecule has 90 valence electrons. The van der Waals surface area contributed by atoms with E-state index in [1.807, 2.05) is 0 Å². The molecular formula is C11H19N3O2. The van der Waals surface area contributed by atoms with Gasteiger partial charge < -0.3 is 16.3 Å². The summed E-state index contributed by atoms with van der Waals surface area (Å²) in [6.07, 6.45) is 4.43. The van der Waals surface area contributed by atoms with Gasteiger partial charge in [-0.3, -0.25) is 4.79 Å². The number of amides is 1. The number of hydrogen-bond donors (Lipinski definition) is 3. The first kappa shape index (κ1) is 11.2. The molecule has 5 heteroatoms. The van der Waals surface area contributed by atoms with Gasteiger partial charge in [0.25, 0.3) is 0 Å². The molecule has 2 rings (SSSR count). The summed E-state index contributed by atoms with van der Waals surface area (Å²) >= 11 is 0. The Hall–Kier alpha value is -1.26. The molecule has 0 unspecified atom stereocenters. The Kier molecular flexibility index (Phi) is 2.78. The zero-order valence-electron chi connectivity index (χ0n) is 9.57. The molecule has 1 amide bonds. The Bertz CT molecular complexity index is 317. The summed E-state index contributed by atoms with van der Waals surface area (Å²) in [4.78, 5) is 12.1. The second-order valence-electron chi connectivity index (χ2n) is 5.17. The fourth-order valence-electron chi connectivity index (χ4n) is 2.57. The molecule has 0 aromatic carbocycles. The molecule has 2 aliphatic carbocycles. The van der Waals surface area contributed by atoms with Crippen molar-refractivity contribution in [2.75, 3.05) is 0 Å². The highest BCUT2D eigenvalue weighted by Gasteiger charge is 2.49. The average molecular weight is 225 g/mol. The monoisotopic (exact) mass is 225 g/mol. The second kappa shape index (κ2) is 3.96. The number of nitrogens with two attached hydrogens (primary N) is 1. The van der Waals surface area contributed by atoms with Crippen LogP contribution >= 0.6 is 0 Å². The summed E-state index contributed by atoms with van der Waals surface area (Å²) in [5.74, 6) is 0.695. The van der Waals surface area contributed by atoms with E-state index in [4.69, 9.17) is 10.9 Å². The Labute approximate surface area is 95.1 Å². The minimum Gasteiger partial charge on any atom is -0.409 e. The van der Waals surface area contributed by atoms with Crippen molar-refractivity contribution in [3.8, 4) is 0 Å². The van der Waals surface area contributed by atoms with E-state index in [1.54, 1.807) is 0 Å². The van der Waals surface area contributed by atoms with Crippen LogP contribution in [0.5, 0.6) is 0 Å². The zero-order valence-corrected chi connectivity index (χ0v) is 9.57. The molecule has 0 radical (unpaired) electrons. The van der Waals surface area contributed by atoms with Crippen LogP contribution in [-0.2, 0) is 4.79 Å². The van der Waals surface area contributed by atoms with Crippen LogP contribution in [0, 0.1) is 11.3 Å². The predicted molar refractivity (Wildman–Crippen MR) is 60.0 cm³/mol. The minimum atomic E-state index is -0.729. The standard InChI is InChI=1S/C11H19N3O2/c1-7-5-8(6-7)13-10(15)11(3-2-4-11)9(12)14-16/h7-8,16H,2-6H2,1H3,(H2,12,14)(H,13,15). The Balaban J connectivity index is 1.97. The van der Waals surface area contributed by atoms with E-state index >= 15 is 0 Å². The first-order chi connectivity index (χ1) is 7.58. The van der Waals surface area contributed by atoms with Crippen molar-refractivity contribution in [1.82, 2.24) is 5.32 Å². The molecule has 2 fully saturated rings. The molecular weight excluding hydrogens is 206 g/mol. The lowest BCUT2D eigenvalue weighted by Crippen LogP contribution is -2.57. The third-order valence-electron chi connectivity index (χ3n) is 3.95. The zero-order chi connectivity index (χ0) is 11.8. The molecule has 5 nitrogen and oxygen atoms in total. The normalized spacial score (nSPS) is 32.4. The molecule has 2 saturated carbocycles. The van der Waals surface area contributed by atoms with Crippen LogP contribution in [0.4, 0.5) is 0 Å². The van der Waals surface area contributed by atoms with Gasteiger partial charge in [0.15, 0.2) is 5.84 Å². The number of rotatable bonds is 3. The first-order valence-electron chi connectivity index (χ1n) is 5.87. The van der Waals surface area contributed by atoms with E-state index in [0.717, 1.165) is 19.3 Å². The van der Waals surface area contributed by atoms with Gasteiger partial charge in [-0.25, -0.2) is 0 Å². The van der Waals surface area contributed by atoms with Gasteiger partial charge >= 0.3 is 0 Å². The molecule has 0 heterocycles. The number of hydrogen-bond acceptors (Lipinski definition) is 3. The Morgan fingerprint density at radius 2 is 2.12 bits per heavy atom. The van der Waals surface area contributed by atoms with Crippen LogP contribution < -0.4 is 11.1 Å². The molecule has 0 aromatic heterocycles. The summed E-state index contributed by atoms with van der Waals surface area (Å²) in [5, 5.41) is 14.7. The van der Waals surface area contributed by atoms with Crippen LogP contribution in [0.3, 0.4) is 0 Å². The highest BCUT2D eigenvalue weighted by molar-refractivity contribution is 6.07. The van der Waals surface area contributed by atoms with Crippen LogP contribution in [0.25, 0.3) is 0 Å². The van der Waals surface area contributed by atoms with E-state index in [2.05, 4.69) is 17.4 Å². The molecule has 0 atom stereocenters. The SMILES string of the molecule is CC1CC(NC(=O)C2(C(N)=NO)CCC2)C1. The second-order valence-corrected chi connectivity index (χ2v) is 5.17. The van der Waals surface area contributed by atoms with Gasteiger partial charge in [0, 0.05) is 6.04 Å². The van der Waals surface area contributed by atoms with Gasteiger partial charge in [-0.2, -0.15) is 0 Å².